The van der Waals surface area contributed by atoms with E-state index in [1.807, 2.05) is 0 Å². The van der Waals surface area contributed by atoms with Gasteiger partial charge in [-0.25, -0.2) is 0 Å². The molecule has 0 saturated heterocycles. The average Bonchev–Trinajstić information content (AvgIpc) is 2.91. The smallest absolute Gasteiger partial charge is 0.165 e. The Morgan fingerprint density at radius 1 is 1.24 bits per heavy atom. The quantitative estimate of drug-likeness (QED) is 0.763. The highest BCUT2D eigenvalue weighted by Gasteiger charge is 2.58. The van der Waals surface area contributed by atoms with E-state index in [9.17, 15) is 15.0 Å². The van der Waals surface area contributed by atoms with Crippen LogP contribution < -0.4 is 0 Å². The van der Waals surface area contributed by atoms with Gasteiger partial charge in [-0.2, -0.15) is 0 Å². The van der Waals surface area contributed by atoms with Crippen LogP contribution in [-0.2, 0) is 4.79 Å². The van der Waals surface area contributed by atoms with E-state index in [2.05, 4.69) is 19.9 Å². The summed E-state index contributed by atoms with van der Waals surface area (Å²) in [6.07, 6.45) is 11.1. The van der Waals surface area contributed by atoms with Crippen LogP contribution in [0.4, 0.5) is 0 Å². The number of fused-ring (bicyclic) bond motifs is 5. The first-order valence-corrected chi connectivity index (χ1v) is 10.4. The lowest BCUT2D eigenvalue weighted by Gasteiger charge is -2.58. The van der Waals surface area contributed by atoms with Crippen molar-refractivity contribution in [2.24, 2.45) is 34.5 Å². The first-order valence-electron chi connectivity index (χ1n) is 10.4. The van der Waals surface area contributed by atoms with Gasteiger partial charge >= 0.3 is 0 Å². The molecule has 25 heavy (non-hydrogen) atoms. The molecule has 3 saturated carbocycles. The first kappa shape index (κ1) is 17.7. The average molecular weight is 347 g/mol. The Kier molecular flexibility index (Phi) is 4.39. The highest BCUT2D eigenvalue weighted by atomic mass is 16.3. The number of hydrogen-bond acceptors (Lipinski definition) is 3. The lowest BCUT2D eigenvalue weighted by atomic mass is 9.47. The molecule has 140 valence electrons. The third-order valence-corrected chi connectivity index (χ3v) is 8.68. The van der Waals surface area contributed by atoms with Crippen molar-refractivity contribution < 1.29 is 15.0 Å². The van der Waals surface area contributed by atoms with Crippen molar-refractivity contribution in [1.82, 2.24) is 0 Å². The maximum atomic E-state index is 12.0. The molecule has 0 amide bonds. The van der Waals surface area contributed by atoms with Crippen molar-refractivity contribution >= 4 is 5.78 Å². The Hall–Kier alpha value is -0.670. The lowest BCUT2D eigenvalue weighted by Crippen LogP contribution is -2.52. The number of aliphatic hydroxyl groups is 2. The Morgan fingerprint density at radius 3 is 2.76 bits per heavy atom. The molecule has 4 aliphatic carbocycles. The van der Waals surface area contributed by atoms with E-state index in [4.69, 9.17) is 0 Å². The van der Waals surface area contributed by atoms with Crippen LogP contribution in [0.1, 0.15) is 71.6 Å². The minimum Gasteiger partial charge on any atom is -0.396 e. The standard InChI is InChI=1S/C22H34O3/c1-21-9-7-14(4-3-11-23)20(21)16-6-5-15-12-18(24)19(25)13-22(15,2)17(16)8-10-21/h5,14,16-17,19-20,23,25H,3-4,6-13H2,1-2H3/t14?,16-,17-,19?,20+,21+,22+/m1/s1. The number of allylic oxidation sites excluding steroid dienone is 2. The normalized spacial score (nSPS) is 49.2. The summed E-state index contributed by atoms with van der Waals surface area (Å²) in [7, 11) is 0. The van der Waals surface area contributed by atoms with E-state index in [1.54, 1.807) is 0 Å². The lowest BCUT2D eigenvalue weighted by molar-refractivity contribution is -0.134. The number of ketones is 1. The largest absolute Gasteiger partial charge is 0.396 e. The van der Waals surface area contributed by atoms with E-state index in [0.717, 1.165) is 31.1 Å². The topological polar surface area (TPSA) is 57.5 Å². The first-order chi connectivity index (χ1) is 11.9. The second-order valence-electron chi connectivity index (χ2n) is 9.90. The van der Waals surface area contributed by atoms with Crippen molar-refractivity contribution in [1.29, 1.82) is 0 Å². The summed E-state index contributed by atoms with van der Waals surface area (Å²) in [5.41, 5.74) is 1.80. The highest BCUT2D eigenvalue weighted by molar-refractivity contribution is 5.86. The fraction of sp³-hybridized carbons (Fsp3) is 0.864. The van der Waals surface area contributed by atoms with Gasteiger partial charge in [-0.3, -0.25) is 4.79 Å². The molecule has 0 aliphatic heterocycles. The molecule has 3 nitrogen and oxygen atoms in total. The summed E-state index contributed by atoms with van der Waals surface area (Å²) in [6.45, 7) is 5.14. The van der Waals surface area contributed by atoms with Gasteiger partial charge in [0.05, 0.1) is 0 Å². The molecule has 0 aromatic rings. The highest BCUT2D eigenvalue weighted by Crippen LogP contribution is 2.66. The monoisotopic (exact) mass is 346 g/mol. The van der Waals surface area contributed by atoms with Gasteiger partial charge in [0.2, 0.25) is 0 Å². The van der Waals surface area contributed by atoms with Crippen molar-refractivity contribution in [3.8, 4) is 0 Å². The Bertz CT molecular complexity index is 580. The second-order valence-corrected chi connectivity index (χ2v) is 9.90. The van der Waals surface area contributed by atoms with Gasteiger partial charge in [-0.1, -0.05) is 25.5 Å². The van der Waals surface area contributed by atoms with Crippen molar-refractivity contribution in [3.05, 3.63) is 11.6 Å². The van der Waals surface area contributed by atoms with Crippen molar-refractivity contribution in [3.63, 3.8) is 0 Å². The van der Waals surface area contributed by atoms with Crippen LogP contribution in [0.5, 0.6) is 0 Å². The van der Waals surface area contributed by atoms with Gasteiger partial charge in [0.25, 0.3) is 0 Å². The fourth-order valence-corrected chi connectivity index (χ4v) is 7.44. The number of aliphatic hydroxyl groups excluding tert-OH is 2. The molecular weight excluding hydrogens is 312 g/mol. The summed E-state index contributed by atoms with van der Waals surface area (Å²) in [5, 5.41) is 19.6. The molecule has 3 heteroatoms. The third-order valence-electron chi connectivity index (χ3n) is 8.68. The predicted molar refractivity (Wildman–Crippen MR) is 97.9 cm³/mol. The van der Waals surface area contributed by atoms with E-state index >= 15 is 0 Å². The number of rotatable bonds is 3. The van der Waals surface area contributed by atoms with Crippen LogP contribution in [0.3, 0.4) is 0 Å². The molecule has 0 heterocycles. The molecule has 0 radical (unpaired) electrons. The third kappa shape index (κ3) is 2.65. The van der Waals surface area contributed by atoms with Crippen LogP contribution in [0, 0.1) is 34.5 Å². The predicted octanol–water partition coefficient (Wildman–Crippen LogP) is 3.88. The second kappa shape index (κ2) is 6.20. The number of Topliss-reactive ketones (excluding diaryl/α,β-unsaturated/α-hetero) is 1. The molecule has 7 atom stereocenters. The summed E-state index contributed by atoms with van der Waals surface area (Å²) in [4.78, 5) is 12.0. The van der Waals surface area contributed by atoms with Gasteiger partial charge in [-0.15, -0.1) is 0 Å². The number of hydrogen-bond donors (Lipinski definition) is 2. The van der Waals surface area contributed by atoms with Gasteiger partial charge in [0.15, 0.2) is 5.78 Å². The molecule has 4 rings (SSSR count). The van der Waals surface area contributed by atoms with Gasteiger partial charge in [-0.05, 0) is 85.9 Å². The van der Waals surface area contributed by atoms with E-state index in [0.29, 0.717) is 36.7 Å². The van der Waals surface area contributed by atoms with Crippen LogP contribution in [0.25, 0.3) is 0 Å². The van der Waals surface area contributed by atoms with Crippen LogP contribution in [0.15, 0.2) is 11.6 Å². The summed E-state index contributed by atoms with van der Waals surface area (Å²) < 4.78 is 0. The van der Waals surface area contributed by atoms with Gasteiger partial charge in [0, 0.05) is 13.0 Å². The summed E-state index contributed by atoms with van der Waals surface area (Å²) >= 11 is 0. The fourth-order valence-electron chi connectivity index (χ4n) is 7.44. The summed E-state index contributed by atoms with van der Waals surface area (Å²) in [6, 6.07) is 0. The van der Waals surface area contributed by atoms with E-state index in [-0.39, 0.29) is 11.2 Å². The zero-order valence-corrected chi connectivity index (χ0v) is 15.8. The molecule has 0 aromatic heterocycles. The Labute approximate surface area is 151 Å². The van der Waals surface area contributed by atoms with Crippen LogP contribution in [-0.4, -0.2) is 28.7 Å². The maximum Gasteiger partial charge on any atom is 0.165 e. The Morgan fingerprint density at radius 2 is 2.00 bits per heavy atom. The molecule has 2 unspecified atom stereocenters. The van der Waals surface area contributed by atoms with E-state index in [1.165, 1.54) is 31.3 Å². The van der Waals surface area contributed by atoms with E-state index < -0.39 is 6.10 Å². The zero-order valence-electron chi connectivity index (χ0n) is 15.8. The molecular formula is C22H34O3. The number of carbonyl (C=O) groups excluding carboxylic acids is 1. The Balaban J connectivity index is 1.65. The molecule has 3 fully saturated rings. The maximum absolute atomic E-state index is 12.0. The molecule has 4 aliphatic rings. The van der Waals surface area contributed by atoms with Gasteiger partial charge in [0.1, 0.15) is 6.10 Å². The van der Waals surface area contributed by atoms with Crippen LogP contribution >= 0.6 is 0 Å². The molecule has 0 aromatic carbocycles. The SMILES string of the molecule is C[C@@]12CCC(CCCO)[C@H]1[C@@H]1CC=C3CC(=O)C(O)C[C@]3(C)[C@@H]1CC2. The molecule has 0 spiro atoms. The minimum atomic E-state index is -0.761. The zero-order chi connectivity index (χ0) is 17.8. The number of carbonyl (C=O) groups is 1. The molecule has 0 bridgehead atoms. The van der Waals surface area contributed by atoms with Crippen molar-refractivity contribution in [2.45, 2.75) is 77.7 Å². The van der Waals surface area contributed by atoms with Crippen molar-refractivity contribution in [2.75, 3.05) is 6.61 Å². The van der Waals surface area contributed by atoms with Crippen LogP contribution in [0.2, 0.25) is 0 Å². The summed E-state index contributed by atoms with van der Waals surface area (Å²) in [5.74, 6) is 2.83. The molecule has 2 N–H and O–H groups in total. The minimum absolute atomic E-state index is 0.0156. The van der Waals surface area contributed by atoms with Gasteiger partial charge < -0.3 is 10.2 Å².